The largest absolute Gasteiger partial charge is 0.449 e. The molecule has 0 amide bonds. The summed E-state index contributed by atoms with van der Waals surface area (Å²) >= 11 is 5.52. The molecule has 0 aliphatic rings. The van der Waals surface area contributed by atoms with Crippen LogP contribution in [0.5, 0.6) is 0 Å². The molecule has 12 heavy (non-hydrogen) atoms. The maximum absolute atomic E-state index is 11.2. The maximum Gasteiger partial charge on any atom is 0.245 e. The summed E-state index contributed by atoms with van der Waals surface area (Å²) in [6, 6.07) is 1.37. The van der Waals surface area contributed by atoms with Crippen LogP contribution in [0, 0.1) is 6.92 Å². The third-order valence-electron chi connectivity index (χ3n) is 1.34. The zero-order valence-electron chi connectivity index (χ0n) is 6.59. The van der Waals surface area contributed by atoms with Gasteiger partial charge in [-0.3, -0.25) is 0 Å². The summed E-state index contributed by atoms with van der Waals surface area (Å²) in [5.41, 5.74) is 0. The quantitative estimate of drug-likeness (QED) is 0.795. The molecule has 1 aromatic heterocycles. The van der Waals surface area contributed by atoms with Crippen molar-refractivity contribution in [2.75, 3.05) is 7.05 Å². The Morgan fingerprint density at radius 1 is 1.58 bits per heavy atom. The number of hydrogen-bond donors (Lipinski definition) is 1. The van der Waals surface area contributed by atoms with Crippen LogP contribution in [0.15, 0.2) is 15.4 Å². The van der Waals surface area contributed by atoms with Gasteiger partial charge in [-0.2, -0.15) is 0 Å². The first-order valence-electron chi connectivity index (χ1n) is 3.17. The molecule has 0 unspecified atom stereocenters. The van der Waals surface area contributed by atoms with Crippen molar-refractivity contribution in [3.05, 3.63) is 17.0 Å². The Morgan fingerprint density at radius 3 is 2.50 bits per heavy atom. The maximum atomic E-state index is 11.2. The number of hydrogen-bond acceptors (Lipinski definition) is 3. The molecule has 0 atom stereocenters. The van der Waals surface area contributed by atoms with Crippen LogP contribution >= 0.6 is 11.6 Å². The molecule has 0 saturated carbocycles. The second kappa shape index (κ2) is 3.08. The van der Waals surface area contributed by atoms with Crippen molar-refractivity contribution >= 4 is 21.6 Å². The van der Waals surface area contributed by atoms with Gasteiger partial charge in [0.25, 0.3) is 0 Å². The van der Waals surface area contributed by atoms with E-state index < -0.39 is 10.0 Å². The van der Waals surface area contributed by atoms with Crippen LogP contribution < -0.4 is 4.72 Å². The molecule has 1 aromatic rings. The molecule has 1 rings (SSSR count). The van der Waals surface area contributed by atoms with Gasteiger partial charge in [0, 0.05) is 6.07 Å². The summed E-state index contributed by atoms with van der Waals surface area (Å²) in [4.78, 5) is -0.0239. The second-order valence-electron chi connectivity index (χ2n) is 2.20. The van der Waals surface area contributed by atoms with Crippen molar-refractivity contribution in [3.63, 3.8) is 0 Å². The minimum Gasteiger partial charge on any atom is -0.449 e. The summed E-state index contributed by atoms with van der Waals surface area (Å²) in [7, 11) is -2.17. The topological polar surface area (TPSA) is 59.3 Å². The van der Waals surface area contributed by atoms with Crippen LogP contribution in [0.25, 0.3) is 0 Å². The SMILES string of the molecule is CNS(=O)(=O)c1cc(C)oc1Cl. The summed E-state index contributed by atoms with van der Waals surface area (Å²) in [6.07, 6.45) is 0. The van der Waals surface area contributed by atoms with E-state index in [1.165, 1.54) is 13.1 Å². The first-order valence-corrected chi connectivity index (χ1v) is 5.03. The molecule has 68 valence electrons. The standard InChI is InChI=1S/C6H8ClNO3S/c1-4-3-5(6(7)11-4)12(9,10)8-2/h3,8H,1-2H3. The molecule has 0 spiro atoms. The van der Waals surface area contributed by atoms with E-state index in [9.17, 15) is 8.42 Å². The Labute approximate surface area is 75.6 Å². The lowest BCUT2D eigenvalue weighted by atomic mass is 10.5. The first kappa shape index (κ1) is 9.57. The van der Waals surface area contributed by atoms with E-state index in [1.807, 2.05) is 0 Å². The molecule has 0 aliphatic heterocycles. The molecule has 0 saturated heterocycles. The predicted octanol–water partition coefficient (Wildman–Crippen LogP) is 1.15. The highest BCUT2D eigenvalue weighted by atomic mass is 35.5. The molecule has 4 nitrogen and oxygen atoms in total. The fourth-order valence-corrected chi connectivity index (χ4v) is 2.03. The third kappa shape index (κ3) is 1.63. The van der Waals surface area contributed by atoms with Gasteiger partial charge in [0.05, 0.1) is 0 Å². The van der Waals surface area contributed by atoms with Gasteiger partial charge < -0.3 is 4.42 Å². The van der Waals surface area contributed by atoms with Crippen molar-refractivity contribution in [1.82, 2.24) is 4.72 Å². The molecule has 0 aromatic carbocycles. The normalized spacial score (nSPS) is 11.9. The van der Waals surface area contributed by atoms with Crippen LogP contribution in [-0.2, 0) is 10.0 Å². The van der Waals surface area contributed by atoms with E-state index in [0.29, 0.717) is 5.76 Å². The van der Waals surface area contributed by atoms with Crippen molar-refractivity contribution < 1.29 is 12.8 Å². The van der Waals surface area contributed by atoms with Crippen molar-refractivity contribution in [3.8, 4) is 0 Å². The fraction of sp³-hybridized carbons (Fsp3) is 0.333. The molecule has 0 bridgehead atoms. The van der Waals surface area contributed by atoms with E-state index in [2.05, 4.69) is 4.72 Å². The molecular weight excluding hydrogens is 202 g/mol. The minimum absolute atomic E-state index is 0.0239. The molecule has 0 aliphatic carbocycles. The van der Waals surface area contributed by atoms with Crippen LogP contribution in [0.4, 0.5) is 0 Å². The first-order chi connectivity index (χ1) is 5.47. The second-order valence-corrected chi connectivity index (χ2v) is 4.40. The third-order valence-corrected chi connectivity index (χ3v) is 3.15. The molecule has 0 fully saturated rings. The number of sulfonamides is 1. The highest BCUT2D eigenvalue weighted by Crippen LogP contribution is 2.24. The molecule has 6 heteroatoms. The lowest BCUT2D eigenvalue weighted by Crippen LogP contribution is -2.18. The van der Waals surface area contributed by atoms with Gasteiger partial charge in [0.2, 0.25) is 15.2 Å². The van der Waals surface area contributed by atoms with Gasteiger partial charge in [-0.25, -0.2) is 13.1 Å². The number of furan rings is 1. The highest BCUT2D eigenvalue weighted by Gasteiger charge is 2.19. The molecule has 1 heterocycles. The predicted molar refractivity (Wildman–Crippen MR) is 44.7 cm³/mol. The van der Waals surface area contributed by atoms with E-state index in [4.69, 9.17) is 16.0 Å². The summed E-state index contributed by atoms with van der Waals surface area (Å²) in [6.45, 7) is 1.63. The molecule has 0 radical (unpaired) electrons. The van der Waals surface area contributed by atoms with Crippen LogP contribution in [0.2, 0.25) is 5.22 Å². The highest BCUT2D eigenvalue weighted by molar-refractivity contribution is 7.89. The zero-order valence-corrected chi connectivity index (χ0v) is 8.16. The Hall–Kier alpha value is -0.520. The lowest BCUT2D eigenvalue weighted by Gasteiger charge is -1.96. The lowest BCUT2D eigenvalue weighted by molar-refractivity contribution is 0.529. The van der Waals surface area contributed by atoms with E-state index >= 15 is 0 Å². The van der Waals surface area contributed by atoms with E-state index in [1.54, 1.807) is 6.92 Å². The van der Waals surface area contributed by atoms with Gasteiger partial charge in [-0.05, 0) is 25.6 Å². The van der Waals surface area contributed by atoms with Gasteiger partial charge in [0.1, 0.15) is 10.7 Å². The van der Waals surface area contributed by atoms with Crippen LogP contribution in [0.1, 0.15) is 5.76 Å². The minimum atomic E-state index is -3.48. The average molecular weight is 210 g/mol. The van der Waals surface area contributed by atoms with E-state index in [0.717, 1.165) is 0 Å². The smallest absolute Gasteiger partial charge is 0.245 e. The van der Waals surface area contributed by atoms with Crippen LogP contribution in [0.3, 0.4) is 0 Å². The Morgan fingerprint density at radius 2 is 2.17 bits per heavy atom. The van der Waals surface area contributed by atoms with Crippen molar-refractivity contribution in [2.24, 2.45) is 0 Å². The summed E-state index contributed by atoms with van der Waals surface area (Å²) in [5.74, 6) is 0.467. The molecular formula is C6H8ClNO3S. The van der Waals surface area contributed by atoms with Gasteiger partial charge in [0.15, 0.2) is 0 Å². The number of nitrogens with one attached hydrogen (secondary N) is 1. The van der Waals surface area contributed by atoms with Gasteiger partial charge >= 0.3 is 0 Å². The number of aryl methyl sites for hydroxylation is 1. The average Bonchev–Trinajstić information content (AvgIpc) is 2.31. The Kier molecular flexibility index (Phi) is 2.46. The molecule has 1 N–H and O–H groups in total. The van der Waals surface area contributed by atoms with Crippen LogP contribution in [-0.4, -0.2) is 15.5 Å². The van der Waals surface area contributed by atoms with E-state index in [-0.39, 0.29) is 10.1 Å². The summed E-state index contributed by atoms with van der Waals surface area (Å²) < 4.78 is 29.3. The van der Waals surface area contributed by atoms with Crippen molar-refractivity contribution in [1.29, 1.82) is 0 Å². The number of rotatable bonds is 2. The van der Waals surface area contributed by atoms with Crippen molar-refractivity contribution in [2.45, 2.75) is 11.8 Å². The zero-order chi connectivity index (χ0) is 9.35. The number of halogens is 1. The van der Waals surface area contributed by atoms with Gasteiger partial charge in [-0.1, -0.05) is 0 Å². The summed E-state index contributed by atoms with van der Waals surface area (Å²) in [5, 5.41) is -0.109. The monoisotopic (exact) mass is 209 g/mol. The Bertz CT molecular complexity index is 381. The Balaban J connectivity index is 3.29. The fourth-order valence-electron chi connectivity index (χ4n) is 0.756. The van der Waals surface area contributed by atoms with Gasteiger partial charge in [-0.15, -0.1) is 0 Å².